The molecular formula is C21H23NO. The van der Waals surface area contributed by atoms with Crippen molar-refractivity contribution in [1.82, 2.24) is 0 Å². The first-order chi connectivity index (χ1) is 11.3. The van der Waals surface area contributed by atoms with Gasteiger partial charge in [0.2, 0.25) is 0 Å². The Labute approximate surface area is 139 Å². The Kier molecular flexibility index (Phi) is 6.94. The van der Waals surface area contributed by atoms with E-state index in [1.807, 2.05) is 36.4 Å². The Balaban J connectivity index is 1.81. The van der Waals surface area contributed by atoms with Gasteiger partial charge >= 0.3 is 0 Å². The van der Waals surface area contributed by atoms with Crippen molar-refractivity contribution in [2.45, 2.75) is 32.6 Å². The molecule has 0 bridgehead atoms. The van der Waals surface area contributed by atoms with E-state index in [2.05, 4.69) is 37.3 Å². The number of nitriles is 1. The molecule has 0 aliphatic carbocycles. The lowest BCUT2D eigenvalue weighted by Crippen LogP contribution is -1.96. The van der Waals surface area contributed by atoms with Crippen molar-refractivity contribution in [2.75, 3.05) is 6.61 Å². The average molecular weight is 305 g/mol. The van der Waals surface area contributed by atoms with E-state index in [0.717, 1.165) is 42.7 Å². The summed E-state index contributed by atoms with van der Waals surface area (Å²) in [7, 11) is 0. The molecule has 0 aliphatic rings. The number of allylic oxidation sites excluding steroid dienone is 2. The molecule has 0 unspecified atom stereocenters. The molecule has 0 spiro atoms. The number of benzene rings is 2. The van der Waals surface area contributed by atoms with Gasteiger partial charge < -0.3 is 4.74 Å². The minimum absolute atomic E-state index is 0.682. The molecular weight excluding hydrogens is 282 g/mol. The first-order valence-corrected chi connectivity index (χ1v) is 8.22. The lowest BCUT2D eigenvalue weighted by atomic mass is 10.0. The molecule has 118 valence electrons. The second-order valence-electron chi connectivity index (χ2n) is 5.46. The van der Waals surface area contributed by atoms with Crippen molar-refractivity contribution < 1.29 is 4.74 Å². The highest BCUT2D eigenvalue weighted by Gasteiger charge is 1.99. The molecule has 2 rings (SSSR count). The van der Waals surface area contributed by atoms with Gasteiger partial charge in [-0.2, -0.15) is 5.26 Å². The van der Waals surface area contributed by atoms with Crippen LogP contribution in [0, 0.1) is 11.3 Å². The predicted octanol–water partition coefficient (Wildman–Crippen LogP) is 5.74. The summed E-state index contributed by atoms with van der Waals surface area (Å²) in [6.07, 6.45) is 8.96. The van der Waals surface area contributed by atoms with E-state index >= 15 is 0 Å². The van der Waals surface area contributed by atoms with Gasteiger partial charge in [0.05, 0.1) is 18.2 Å². The highest BCUT2D eigenvalue weighted by Crippen LogP contribution is 2.22. The van der Waals surface area contributed by atoms with Crippen molar-refractivity contribution in [2.24, 2.45) is 0 Å². The Morgan fingerprint density at radius 2 is 1.52 bits per heavy atom. The summed E-state index contributed by atoms with van der Waals surface area (Å²) in [4.78, 5) is 0. The van der Waals surface area contributed by atoms with E-state index in [4.69, 9.17) is 10.00 Å². The van der Waals surface area contributed by atoms with E-state index in [9.17, 15) is 0 Å². The van der Waals surface area contributed by atoms with Crippen molar-refractivity contribution in [3.05, 3.63) is 66.2 Å². The fraction of sp³-hybridized carbons (Fsp3) is 0.286. The second-order valence-corrected chi connectivity index (χ2v) is 5.46. The molecule has 2 aromatic rings. The fourth-order valence-corrected chi connectivity index (χ4v) is 2.27. The maximum absolute atomic E-state index is 8.83. The highest BCUT2D eigenvalue weighted by molar-refractivity contribution is 5.64. The van der Waals surface area contributed by atoms with Crippen LogP contribution in [-0.2, 0) is 0 Å². The molecule has 0 fully saturated rings. The first-order valence-electron chi connectivity index (χ1n) is 8.22. The van der Waals surface area contributed by atoms with Crippen LogP contribution < -0.4 is 4.74 Å². The van der Waals surface area contributed by atoms with Gasteiger partial charge in [0.15, 0.2) is 0 Å². The summed E-state index contributed by atoms with van der Waals surface area (Å²) in [5.74, 6) is 0.903. The van der Waals surface area contributed by atoms with E-state index in [0.29, 0.717) is 5.56 Å². The second kappa shape index (κ2) is 9.48. The Bertz CT molecular complexity index is 648. The first kappa shape index (κ1) is 16.8. The van der Waals surface area contributed by atoms with Gasteiger partial charge in [-0.25, -0.2) is 0 Å². The average Bonchev–Trinajstić information content (AvgIpc) is 2.61. The van der Waals surface area contributed by atoms with Gasteiger partial charge in [-0.3, -0.25) is 0 Å². The summed E-state index contributed by atoms with van der Waals surface area (Å²) in [5.41, 5.74) is 2.92. The van der Waals surface area contributed by atoms with Crippen LogP contribution in [0.15, 0.2) is 60.7 Å². The topological polar surface area (TPSA) is 33.0 Å². The third-order valence-electron chi connectivity index (χ3n) is 3.61. The van der Waals surface area contributed by atoms with Gasteiger partial charge in [0.25, 0.3) is 0 Å². The minimum Gasteiger partial charge on any atom is -0.494 e. The van der Waals surface area contributed by atoms with Crippen LogP contribution in [0.3, 0.4) is 0 Å². The number of ether oxygens (including phenoxy) is 1. The summed E-state index contributed by atoms with van der Waals surface area (Å²) in [6.45, 7) is 2.93. The van der Waals surface area contributed by atoms with Crippen molar-refractivity contribution in [3.63, 3.8) is 0 Å². The monoisotopic (exact) mass is 305 g/mol. The zero-order chi connectivity index (χ0) is 16.3. The largest absolute Gasteiger partial charge is 0.494 e. The van der Waals surface area contributed by atoms with Crippen molar-refractivity contribution in [3.8, 4) is 22.9 Å². The standard InChI is InChI=1S/C21H23NO/c1-2-3-4-5-6-7-16-23-21-14-12-20(13-15-21)19-10-8-18(17-22)9-11-19/h4-5,8-15H,2-3,6-7,16H2,1H3. The number of nitrogens with zero attached hydrogens (tertiary/aromatic N) is 1. The summed E-state index contributed by atoms with van der Waals surface area (Å²) in [5, 5.41) is 8.83. The van der Waals surface area contributed by atoms with Crippen LogP contribution in [0.4, 0.5) is 0 Å². The zero-order valence-electron chi connectivity index (χ0n) is 13.7. The number of hydrogen-bond acceptors (Lipinski definition) is 2. The van der Waals surface area contributed by atoms with E-state index in [-0.39, 0.29) is 0 Å². The lowest BCUT2D eigenvalue weighted by Gasteiger charge is -2.07. The van der Waals surface area contributed by atoms with Gasteiger partial charge in [0.1, 0.15) is 5.75 Å². The van der Waals surface area contributed by atoms with Gasteiger partial charge in [-0.15, -0.1) is 0 Å². The molecule has 0 aromatic heterocycles. The predicted molar refractivity (Wildman–Crippen MR) is 95.4 cm³/mol. The molecule has 2 nitrogen and oxygen atoms in total. The van der Waals surface area contributed by atoms with Gasteiger partial charge in [0, 0.05) is 0 Å². The van der Waals surface area contributed by atoms with Crippen molar-refractivity contribution >= 4 is 0 Å². The van der Waals surface area contributed by atoms with Crippen LogP contribution >= 0.6 is 0 Å². The maximum atomic E-state index is 8.83. The smallest absolute Gasteiger partial charge is 0.119 e. The molecule has 0 atom stereocenters. The maximum Gasteiger partial charge on any atom is 0.119 e. The number of hydrogen-bond donors (Lipinski definition) is 0. The van der Waals surface area contributed by atoms with Crippen molar-refractivity contribution in [1.29, 1.82) is 5.26 Å². The summed E-state index contributed by atoms with van der Waals surface area (Å²) < 4.78 is 5.76. The van der Waals surface area contributed by atoms with E-state index < -0.39 is 0 Å². The molecule has 0 heterocycles. The van der Waals surface area contributed by atoms with Gasteiger partial charge in [-0.05, 0) is 54.7 Å². The fourth-order valence-electron chi connectivity index (χ4n) is 2.27. The summed E-state index contributed by atoms with van der Waals surface area (Å²) in [6, 6.07) is 17.9. The van der Waals surface area contributed by atoms with Crippen LogP contribution in [0.25, 0.3) is 11.1 Å². The molecule has 0 radical (unpaired) electrons. The Morgan fingerprint density at radius 1 is 0.913 bits per heavy atom. The van der Waals surface area contributed by atoms with Crippen LogP contribution in [0.5, 0.6) is 5.75 Å². The zero-order valence-corrected chi connectivity index (χ0v) is 13.7. The van der Waals surface area contributed by atoms with Crippen LogP contribution in [0.2, 0.25) is 0 Å². The Hall–Kier alpha value is -2.53. The molecule has 0 N–H and O–H groups in total. The lowest BCUT2D eigenvalue weighted by molar-refractivity contribution is 0.312. The number of rotatable bonds is 8. The van der Waals surface area contributed by atoms with Crippen LogP contribution in [-0.4, -0.2) is 6.61 Å². The van der Waals surface area contributed by atoms with E-state index in [1.54, 1.807) is 0 Å². The molecule has 0 saturated heterocycles. The third kappa shape index (κ3) is 5.64. The SMILES string of the molecule is CCCC=CCCCOc1ccc(-c2ccc(C#N)cc2)cc1. The molecule has 0 saturated carbocycles. The Morgan fingerprint density at radius 3 is 2.13 bits per heavy atom. The van der Waals surface area contributed by atoms with Gasteiger partial charge in [-0.1, -0.05) is 49.8 Å². The normalized spacial score (nSPS) is 10.6. The summed E-state index contributed by atoms with van der Waals surface area (Å²) >= 11 is 0. The molecule has 2 heteroatoms. The quantitative estimate of drug-likeness (QED) is 0.460. The highest BCUT2D eigenvalue weighted by atomic mass is 16.5. The molecule has 23 heavy (non-hydrogen) atoms. The molecule has 0 aliphatic heterocycles. The minimum atomic E-state index is 0.682. The van der Waals surface area contributed by atoms with Crippen LogP contribution in [0.1, 0.15) is 38.2 Å². The molecule has 2 aromatic carbocycles. The van der Waals surface area contributed by atoms with E-state index in [1.165, 1.54) is 6.42 Å². The third-order valence-corrected chi connectivity index (χ3v) is 3.61. The molecule has 0 amide bonds. The number of unbranched alkanes of at least 4 members (excludes halogenated alkanes) is 2.